The number of hydrogen-bond acceptors (Lipinski definition) is 7. The molecule has 1 aromatic carbocycles. The van der Waals surface area contributed by atoms with E-state index in [1.165, 1.54) is 28.8 Å². The molecule has 0 saturated carbocycles. The van der Waals surface area contributed by atoms with Gasteiger partial charge in [0.15, 0.2) is 5.01 Å². The lowest BCUT2D eigenvalue weighted by molar-refractivity contribution is 0.0857. The molecule has 5 rings (SSSR count). The lowest BCUT2D eigenvalue weighted by Gasteiger charge is -2.36. The van der Waals surface area contributed by atoms with Crippen LogP contribution in [-0.2, 0) is 12.8 Å². The molecule has 1 fully saturated rings. The number of carboxylic acid groups (broad SMARTS) is 1. The molecule has 3 aromatic rings. The van der Waals surface area contributed by atoms with Crippen molar-refractivity contribution in [2.75, 3.05) is 33.7 Å². The van der Waals surface area contributed by atoms with Crippen molar-refractivity contribution in [3.8, 4) is 0 Å². The summed E-state index contributed by atoms with van der Waals surface area (Å²) >= 11 is 1.27. The molecule has 0 spiro atoms. The highest BCUT2D eigenvalue weighted by Crippen LogP contribution is 2.38. The van der Waals surface area contributed by atoms with Gasteiger partial charge in [-0.2, -0.15) is 0 Å². The number of carbonyl (C=O) groups is 3. The number of fused-ring (bicyclic) bond motifs is 2. The van der Waals surface area contributed by atoms with Crippen LogP contribution in [0.4, 0.5) is 4.79 Å². The fraction of sp³-hybridized carbons (Fsp3) is 0.516. The normalized spacial score (nSPS) is 18.2. The smallest absolute Gasteiger partial charge is 0.407 e. The Labute approximate surface area is 250 Å². The largest absolute Gasteiger partial charge is 0.465 e. The zero-order chi connectivity index (χ0) is 30.2. The van der Waals surface area contributed by atoms with Crippen LogP contribution in [0.25, 0.3) is 10.3 Å². The van der Waals surface area contributed by atoms with E-state index in [1.807, 2.05) is 13.1 Å². The van der Waals surface area contributed by atoms with Crippen molar-refractivity contribution in [1.82, 2.24) is 30.4 Å². The molecule has 0 bridgehead atoms. The summed E-state index contributed by atoms with van der Waals surface area (Å²) in [5, 5.41) is 15.8. The lowest BCUT2D eigenvalue weighted by atomic mass is 9.71. The van der Waals surface area contributed by atoms with Crippen molar-refractivity contribution in [1.29, 1.82) is 0 Å². The molecular formula is C31H40N6O4S. The minimum atomic E-state index is -1.05. The number of likely N-dealkylation sites (tertiary alicyclic amines) is 1. The summed E-state index contributed by atoms with van der Waals surface area (Å²) in [5.74, 6) is 0.0553. The maximum atomic E-state index is 13.5. The standard InChI is InChI=1S/C31H40N6O4S/c1-31(2,3)21-9-10-23-20(14-21)15-25-28(34-23)42-29(35-25)27(39)33-24(11-12-37(5)30(40)41)18-7-6-8-19(13-18)26(38)32-22-16-36(4)17-22/h6-8,13,15,21-22,24H,9-12,14,16-17H2,1-5H3,(H,32,38)(H,33,39)(H,40,41)/t21-,24+/m0/s1. The third kappa shape index (κ3) is 6.73. The summed E-state index contributed by atoms with van der Waals surface area (Å²) in [4.78, 5) is 51.4. The van der Waals surface area contributed by atoms with E-state index in [0.29, 0.717) is 22.9 Å². The number of likely N-dealkylation sites (N-methyl/N-ethyl adjacent to an activating group) is 1. The number of hydrogen-bond donors (Lipinski definition) is 3. The van der Waals surface area contributed by atoms with Gasteiger partial charge in [-0.3, -0.25) is 9.59 Å². The van der Waals surface area contributed by atoms with E-state index in [0.717, 1.165) is 54.0 Å². The van der Waals surface area contributed by atoms with Crippen LogP contribution >= 0.6 is 11.3 Å². The predicted octanol–water partition coefficient (Wildman–Crippen LogP) is 4.36. The topological polar surface area (TPSA) is 128 Å². The van der Waals surface area contributed by atoms with Crippen LogP contribution < -0.4 is 10.6 Å². The van der Waals surface area contributed by atoms with Crippen LogP contribution in [0.3, 0.4) is 0 Å². The highest BCUT2D eigenvalue weighted by atomic mass is 32.1. The quantitative estimate of drug-likeness (QED) is 0.355. The average Bonchev–Trinajstić information content (AvgIpc) is 3.35. The fourth-order valence-electron chi connectivity index (χ4n) is 5.76. The van der Waals surface area contributed by atoms with E-state index in [-0.39, 0.29) is 29.8 Å². The van der Waals surface area contributed by atoms with Gasteiger partial charge in [-0.05, 0) is 73.4 Å². The number of benzene rings is 1. The van der Waals surface area contributed by atoms with Crippen LogP contribution in [0.2, 0.25) is 0 Å². The Morgan fingerprint density at radius 1 is 1.17 bits per heavy atom. The van der Waals surface area contributed by atoms with Crippen molar-refractivity contribution >= 4 is 39.6 Å². The van der Waals surface area contributed by atoms with Gasteiger partial charge >= 0.3 is 6.09 Å². The Kier molecular flexibility index (Phi) is 8.52. The third-order valence-electron chi connectivity index (χ3n) is 8.50. The second kappa shape index (κ2) is 12.0. The first kappa shape index (κ1) is 29.9. The molecule has 2 atom stereocenters. The Balaban J connectivity index is 1.35. The molecule has 1 aliphatic carbocycles. The van der Waals surface area contributed by atoms with E-state index in [4.69, 9.17) is 4.98 Å². The lowest BCUT2D eigenvalue weighted by Crippen LogP contribution is -2.57. The highest BCUT2D eigenvalue weighted by molar-refractivity contribution is 7.19. The van der Waals surface area contributed by atoms with Crippen LogP contribution in [0.5, 0.6) is 0 Å². The molecule has 2 aliphatic rings. The van der Waals surface area contributed by atoms with Gasteiger partial charge in [0.05, 0.1) is 12.1 Å². The Morgan fingerprint density at radius 2 is 1.93 bits per heavy atom. The summed E-state index contributed by atoms with van der Waals surface area (Å²) in [6.45, 7) is 8.65. The first-order valence-electron chi connectivity index (χ1n) is 14.5. The van der Waals surface area contributed by atoms with Crippen LogP contribution in [-0.4, -0.2) is 82.6 Å². The zero-order valence-electron chi connectivity index (χ0n) is 24.9. The molecule has 42 heavy (non-hydrogen) atoms. The number of rotatable bonds is 8. The molecule has 3 N–H and O–H groups in total. The summed E-state index contributed by atoms with van der Waals surface area (Å²) in [7, 11) is 3.49. The van der Waals surface area contributed by atoms with E-state index in [1.54, 1.807) is 18.2 Å². The summed E-state index contributed by atoms with van der Waals surface area (Å²) < 4.78 is 0. The van der Waals surface area contributed by atoms with Gasteiger partial charge in [-0.15, -0.1) is 0 Å². The van der Waals surface area contributed by atoms with Crippen molar-refractivity contribution in [2.24, 2.45) is 11.3 Å². The van der Waals surface area contributed by atoms with Crippen LogP contribution in [0.1, 0.15) is 76.6 Å². The van der Waals surface area contributed by atoms with Gasteiger partial charge in [-0.25, -0.2) is 14.8 Å². The highest BCUT2D eigenvalue weighted by Gasteiger charge is 2.30. The number of thiazole rings is 1. The van der Waals surface area contributed by atoms with Gasteiger partial charge in [0.2, 0.25) is 0 Å². The number of amides is 3. The molecule has 1 aliphatic heterocycles. The van der Waals surface area contributed by atoms with Crippen LogP contribution in [0.15, 0.2) is 30.3 Å². The molecule has 10 nitrogen and oxygen atoms in total. The predicted molar refractivity (Wildman–Crippen MR) is 163 cm³/mol. The number of aryl methyl sites for hydroxylation is 1. The van der Waals surface area contributed by atoms with Gasteiger partial charge < -0.3 is 25.5 Å². The molecule has 2 aromatic heterocycles. The van der Waals surface area contributed by atoms with Gasteiger partial charge in [-0.1, -0.05) is 44.2 Å². The van der Waals surface area contributed by atoms with Gasteiger partial charge in [0.1, 0.15) is 10.3 Å². The Morgan fingerprint density at radius 3 is 2.62 bits per heavy atom. The first-order valence-corrected chi connectivity index (χ1v) is 15.3. The maximum absolute atomic E-state index is 13.5. The average molecular weight is 593 g/mol. The van der Waals surface area contributed by atoms with E-state index in [9.17, 15) is 19.5 Å². The Bertz CT molecular complexity index is 1490. The number of carbonyl (C=O) groups excluding carboxylic acids is 2. The molecule has 1 saturated heterocycles. The number of nitrogens with zero attached hydrogens (tertiary/aromatic N) is 4. The molecule has 0 unspecified atom stereocenters. The van der Waals surface area contributed by atoms with E-state index >= 15 is 0 Å². The van der Waals surface area contributed by atoms with Crippen LogP contribution in [0, 0.1) is 11.3 Å². The first-order chi connectivity index (χ1) is 19.9. The number of nitrogens with one attached hydrogen (secondary N) is 2. The third-order valence-corrected chi connectivity index (χ3v) is 9.47. The molecule has 0 radical (unpaired) electrons. The van der Waals surface area contributed by atoms with Crippen molar-refractivity contribution < 1.29 is 19.5 Å². The summed E-state index contributed by atoms with van der Waals surface area (Å²) in [6.07, 6.45) is 2.27. The second-order valence-electron chi connectivity index (χ2n) is 12.8. The van der Waals surface area contributed by atoms with E-state index < -0.39 is 12.1 Å². The van der Waals surface area contributed by atoms with Gasteiger partial charge in [0.25, 0.3) is 11.8 Å². The minimum Gasteiger partial charge on any atom is -0.465 e. The SMILES string of the molecule is CN1CC(NC(=O)c2cccc([C@@H](CCN(C)C(=O)O)NC(=O)c3nc4cc5c(nc4s3)CC[C@H](C(C)(C)C)C5)c2)C1. The van der Waals surface area contributed by atoms with Crippen molar-refractivity contribution in [3.63, 3.8) is 0 Å². The van der Waals surface area contributed by atoms with Gasteiger partial charge in [0, 0.05) is 37.9 Å². The molecule has 11 heteroatoms. The molecule has 224 valence electrons. The van der Waals surface area contributed by atoms with Crippen molar-refractivity contribution in [3.05, 3.63) is 57.7 Å². The van der Waals surface area contributed by atoms with Crippen molar-refractivity contribution in [2.45, 2.75) is 58.5 Å². The fourth-order valence-corrected chi connectivity index (χ4v) is 6.61. The summed E-state index contributed by atoms with van der Waals surface area (Å²) in [5.41, 5.74) is 4.47. The number of pyridine rings is 1. The molecular weight excluding hydrogens is 552 g/mol. The molecule has 3 heterocycles. The minimum absolute atomic E-state index is 0.114. The zero-order valence-corrected chi connectivity index (χ0v) is 25.8. The summed E-state index contributed by atoms with van der Waals surface area (Å²) in [6, 6.07) is 8.82. The Hall–Kier alpha value is -3.57. The maximum Gasteiger partial charge on any atom is 0.407 e. The molecule has 3 amide bonds. The second-order valence-corrected chi connectivity index (χ2v) is 13.8. The monoisotopic (exact) mass is 592 g/mol. The van der Waals surface area contributed by atoms with E-state index in [2.05, 4.69) is 47.4 Å². The number of aromatic nitrogens is 2.